The van der Waals surface area contributed by atoms with Gasteiger partial charge in [-0.2, -0.15) is 0 Å². The number of hydrogen-bond donors (Lipinski definition) is 2. The predicted octanol–water partition coefficient (Wildman–Crippen LogP) is 4.68. The zero-order chi connectivity index (χ0) is 25.1. The number of nitrogens with one attached hydrogen (secondary N) is 2. The summed E-state index contributed by atoms with van der Waals surface area (Å²) in [4.78, 5) is 19.7. The summed E-state index contributed by atoms with van der Waals surface area (Å²) in [5.74, 6) is -0.0266. The maximum absolute atomic E-state index is 12.9. The highest BCUT2D eigenvalue weighted by Gasteiger charge is 2.41. The van der Waals surface area contributed by atoms with E-state index in [0.717, 1.165) is 54.2 Å². The van der Waals surface area contributed by atoms with Crippen molar-refractivity contribution in [2.24, 2.45) is 0 Å². The predicted molar refractivity (Wildman–Crippen MR) is 145 cm³/mol. The van der Waals surface area contributed by atoms with Gasteiger partial charge in [0.2, 0.25) is 5.91 Å². The minimum absolute atomic E-state index is 0.0266. The molecule has 2 aliphatic heterocycles. The Hall–Kier alpha value is -3.23. The molecule has 0 radical (unpaired) electrons. The minimum Gasteiger partial charge on any atom is -0.376 e. The molecule has 1 aromatic carbocycles. The summed E-state index contributed by atoms with van der Waals surface area (Å²) >= 11 is 5.80. The van der Waals surface area contributed by atoms with E-state index >= 15 is 0 Å². The number of pyridine rings is 1. The lowest BCUT2D eigenvalue weighted by molar-refractivity contribution is -0.116. The molecule has 0 aliphatic carbocycles. The molecule has 2 N–H and O–H groups in total. The third-order valence-electron chi connectivity index (χ3n) is 7.04. The number of rotatable bonds is 8. The van der Waals surface area contributed by atoms with E-state index in [9.17, 15) is 4.79 Å². The fraction of sp³-hybridized carbons (Fsp3) is 0.393. The maximum Gasteiger partial charge on any atom is 0.226 e. The van der Waals surface area contributed by atoms with Crippen LogP contribution >= 0.6 is 12.2 Å². The van der Waals surface area contributed by atoms with Crippen molar-refractivity contribution in [3.63, 3.8) is 0 Å². The van der Waals surface area contributed by atoms with Crippen LogP contribution in [0.4, 0.5) is 5.69 Å². The van der Waals surface area contributed by atoms with Crippen LogP contribution in [-0.2, 0) is 16.1 Å². The molecule has 0 unspecified atom stereocenters. The Labute approximate surface area is 217 Å². The Morgan fingerprint density at radius 3 is 2.89 bits per heavy atom. The number of aromatic nitrogens is 2. The van der Waals surface area contributed by atoms with Crippen molar-refractivity contribution in [2.75, 3.05) is 18.5 Å². The van der Waals surface area contributed by atoms with Gasteiger partial charge < -0.3 is 24.8 Å². The minimum atomic E-state index is -0.112. The van der Waals surface area contributed by atoms with Gasteiger partial charge in [0.05, 0.1) is 23.9 Å². The van der Waals surface area contributed by atoms with Gasteiger partial charge in [0.25, 0.3) is 0 Å². The largest absolute Gasteiger partial charge is 0.376 e. The number of carbonyl (C=O) groups excluding carboxylic acids is 1. The quantitative estimate of drug-likeness (QED) is 0.435. The zero-order valence-corrected chi connectivity index (χ0v) is 21.6. The smallest absolute Gasteiger partial charge is 0.226 e. The summed E-state index contributed by atoms with van der Waals surface area (Å²) < 4.78 is 8.19. The van der Waals surface area contributed by atoms with Gasteiger partial charge in [-0.25, -0.2) is 0 Å². The first kappa shape index (κ1) is 24.5. The van der Waals surface area contributed by atoms with E-state index in [1.807, 2.05) is 56.4 Å². The van der Waals surface area contributed by atoms with Crippen LogP contribution in [0, 0.1) is 13.8 Å². The highest BCUT2D eigenvalue weighted by Crippen LogP contribution is 2.39. The van der Waals surface area contributed by atoms with Gasteiger partial charge >= 0.3 is 0 Å². The van der Waals surface area contributed by atoms with Gasteiger partial charge in [0.15, 0.2) is 5.11 Å². The third-order valence-corrected chi connectivity index (χ3v) is 7.39. The van der Waals surface area contributed by atoms with Crippen molar-refractivity contribution in [2.45, 2.75) is 57.8 Å². The number of aryl methyl sites for hydroxylation is 2. The standard InChI is InChI=1S/C28H33N5O2S/c1-19-10-11-20(2)23(17-19)30-25(34)12-15-33-27(26(31-28(33)36)22-8-3-4-13-29-22)24-9-5-14-32(24)18-21-7-6-16-35-21/h3-5,8-11,13-14,17,21,26-27H,6-7,12,15-16,18H2,1-2H3,(H,30,34)(H,31,36)/t21-,26+,27+/m0/s1. The maximum atomic E-state index is 12.9. The first-order valence-corrected chi connectivity index (χ1v) is 13.0. The van der Waals surface area contributed by atoms with Crippen LogP contribution in [0.25, 0.3) is 0 Å². The van der Waals surface area contributed by atoms with Crippen LogP contribution in [-0.4, -0.2) is 44.7 Å². The van der Waals surface area contributed by atoms with Gasteiger partial charge in [0, 0.05) is 49.9 Å². The lowest BCUT2D eigenvalue weighted by atomic mass is 10.0. The Kier molecular flexibility index (Phi) is 7.34. The topological polar surface area (TPSA) is 71.4 Å². The number of carbonyl (C=O) groups is 1. The summed E-state index contributed by atoms with van der Waals surface area (Å²) in [5, 5.41) is 7.21. The van der Waals surface area contributed by atoms with E-state index in [-0.39, 0.29) is 24.1 Å². The van der Waals surface area contributed by atoms with Gasteiger partial charge in [-0.1, -0.05) is 18.2 Å². The van der Waals surface area contributed by atoms with E-state index in [2.05, 4.69) is 43.4 Å². The second kappa shape index (κ2) is 10.8. The first-order chi connectivity index (χ1) is 17.5. The summed E-state index contributed by atoms with van der Waals surface area (Å²) in [6, 6.07) is 16.0. The van der Waals surface area contributed by atoms with Crippen LogP contribution in [0.3, 0.4) is 0 Å². The number of hydrogen-bond acceptors (Lipinski definition) is 4. The SMILES string of the molecule is Cc1ccc(C)c(NC(=O)CCN2C(=S)N[C@H](c3ccccn3)[C@H]2c2cccn2C[C@@H]2CCCO2)c1. The van der Waals surface area contributed by atoms with Crippen LogP contribution < -0.4 is 10.6 Å². The van der Waals surface area contributed by atoms with Crippen molar-refractivity contribution in [3.05, 3.63) is 83.4 Å². The summed E-state index contributed by atoms with van der Waals surface area (Å²) in [5.41, 5.74) is 5.09. The van der Waals surface area contributed by atoms with Crippen LogP contribution in [0.5, 0.6) is 0 Å². The number of ether oxygens (including phenoxy) is 1. The van der Waals surface area contributed by atoms with Crippen LogP contribution in [0.15, 0.2) is 60.9 Å². The van der Waals surface area contributed by atoms with Gasteiger partial charge in [-0.15, -0.1) is 0 Å². The highest BCUT2D eigenvalue weighted by molar-refractivity contribution is 7.80. The number of thiocarbonyl (C=S) groups is 1. The van der Waals surface area contributed by atoms with Crippen molar-refractivity contribution in [1.82, 2.24) is 19.8 Å². The molecular weight excluding hydrogens is 470 g/mol. The molecule has 4 heterocycles. The molecule has 7 nitrogen and oxygen atoms in total. The number of amides is 1. The average Bonchev–Trinajstić information content (AvgIpc) is 3.62. The van der Waals surface area contributed by atoms with E-state index in [4.69, 9.17) is 17.0 Å². The van der Waals surface area contributed by atoms with Crippen molar-refractivity contribution < 1.29 is 9.53 Å². The summed E-state index contributed by atoms with van der Waals surface area (Å²) in [6.45, 7) is 6.17. The van der Waals surface area contributed by atoms with E-state index in [1.165, 1.54) is 0 Å². The Bertz CT molecular complexity index is 1220. The second-order valence-corrected chi connectivity index (χ2v) is 10.0. The van der Waals surface area contributed by atoms with Gasteiger partial charge in [-0.05, 0) is 80.4 Å². The van der Waals surface area contributed by atoms with Gasteiger partial charge in [-0.3, -0.25) is 9.78 Å². The lowest BCUT2D eigenvalue weighted by Gasteiger charge is -2.29. The fourth-order valence-corrected chi connectivity index (χ4v) is 5.47. The van der Waals surface area contributed by atoms with Crippen molar-refractivity contribution >= 4 is 28.9 Å². The molecule has 2 saturated heterocycles. The molecule has 0 spiro atoms. The Balaban J connectivity index is 1.37. The van der Waals surface area contributed by atoms with Gasteiger partial charge in [0.1, 0.15) is 0 Å². The molecule has 2 aromatic heterocycles. The highest BCUT2D eigenvalue weighted by atomic mass is 32.1. The molecule has 2 aliphatic rings. The van der Waals surface area contributed by atoms with E-state index in [1.54, 1.807) is 0 Å². The normalized spacial score (nSPS) is 21.6. The zero-order valence-electron chi connectivity index (χ0n) is 20.8. The van der Waals surface area contributed by atoms with Crippen molar-refractivity contribution in [1.29, 1.82) is 0 Å². The number of nitrogens with zero attached hydrogens (tertiary/aromatic N) is 3. The summed E-state index contributed by atoms with van der Waals surface area (Å²) in [7, 11) is 0. The third kappa shape index (κ3) is 5.29. The molecular formula is C28H33N5O2S. The Morgan fingerprint density at radius 2 is 2.11 bits per heavy atom. The molecule has 5 rings (SSSR count). The fourth-order valence-electron chi connectivity index (χ4n) is 5.14. The van der Waals surface area contributed by atoms with E-state index in [0.29, 0.717) is 18.1 Å². The summed E-state index contributed by atoms with van der Waals surface area (Å²) in [6.07, 6.45) is 6.65. The lowest BCUT2D eigenvalue weighted by Crippen LogP contribution is -2.33. The first-order valence-electron chi connectivity index (χ1n) is 12.6. The monoisotopic (exact) mass is 503 g/mol. The molecule has 3 aromatic rings. The molecule has 188 valence electrons. The van der Waals surface area contributed by atoms with Crippen molar-refractivity contribution in [3.8, 4) is 0 Å². The van der Waals surface area contributed by atoms with Crippen LogP contribution in [0.2, 0.25) is 0 Å². The molecule has 0 saturated carbocycles. The molecule has 0 bridgehead atoms. The molecule has 36 heavy (non-hydrogen) atoms. The molecule has 3 atom stereocenters. The average molecular weight is 504 g/mol. The second-order valence-electron chi connectivity index (χ2n) is 9.66. The molecule has 8 heteroatoms. The molecule has 1 amide bonds. The van der Waals surface area contributed by atoms with Crippen LogP contribution in [0.1, 0.15) is 53.9 Å². The van der Waals surface area contributed by atoms with E-state index < -0.39 is 0 Å². The molecule has 2 fully saturated rings. The number of benzene rings is 1. The Morgan fingerprint density at radius 1 is 1.22 bits per heavy atom. The number of anilines is 1.